The van der Waals surface area contributed by atoms with Crippen molar-refractivity contribution in [2.75, 3.05) is 39.3 Å². The molecule has 9 nitrogen and oxygen atoms in total. The summed E-state index contributed by atoms with van der Waals surface area (Å²) in [7, 11) is 1.21. The molecule has 0 bridgehead atoms. The largest absolute Gasteiger partial charge is 0.466 e. The fourth-order valence-corrected chi connectivity index (χ4v) is 5.10. The maximum atomic E-state index is 12.6. The van der Waals surface area contributed by atoms with Gasteiger partial charge in [0.15, 0.2) is 6.29 Å². The molecule has 3 unspecified atom stereocenters. The van der Waals surface area contributed by atoms with Crippen molar-refractivity contribution in [1.82, 2.24) is 0 Å². The van der Waals surface area contributed by atoms with E-state index < -0.39 is 25.8 Å². The number of methoxy groups -OCH3 is 1. The number of aliphatic hydroxyl groups is 3. The minimum absolute atomic E-state index is 0.196. The highest BCUT2D eigenvalue weighted by Crippen LogP contribution is 2.61. The van der Waals surface area contributed by atoms with Crippen LogP contribution in [0.5, 0.6) is 0 Å². The van der Waals surface area contributed by atoms with Gasteiger partial charge in [-0.15, -0.1) is 0 Å². The van der Waals surface area contributed by atoms with Gasteiger partial charge >= 0.3 is 12.8 Å². The topological polar surface area (TPSA) is 132 Å². The van der Waals surface area contributed by atoms with Gasteiger partial charge in [-0.1, -0.05) is 0 Å². The number of ether oxygens (including phenoxy) is 2. The Bertz CT molecular complexity index is 382. The Labute approximate surface area is 145 Å². The lowest BCUT2D eigenvalue weighted by atomic mass is 10.3. The Morgan fingerprint density at radius 1 is 1.21 bits per heavy atom. The Kier molecular flexibility index (Phi) is 13.9. The molecule has 0 saturated heterocycles. The lowest BCUT2D eigenvalue weighted by Gasteiger charge is -2.25. The van der Waals surface area contributed by atoms with Crippen molar-refractivity contribution in [2.24, 2.45) is 0 Å². The predicted molar refractivity (Wildman–Crippen MR) is 88.6 cm³/mol. The molecule has 0 saturated carbocycles. The molecule has 0 aromatic heterocycles. The molecule has 0 aliphatic heterocycles. The number of hydrogen-bond donors (Lipinski definition) is 3. The normalized spacial score (nSPS) is 16.4. The van der Waals surface area contributed by atoms with E-state index in [0.29, 0.717) is 25.2 Å². The van der Waals surface area contributed by atoms with Crippen LogP contribution < -0.4 is 0 Å². The first kappa shape index (κ1) is 23.8. The molecule has 0 aromatic carbocycles. The number of esters is 1. The third-order valence-electron chi connectivity index (χ3n) is 2.69. The summed E-state index contributed by atoms with van der Waals surface area (Å²) in [5.41, 5.74) is 0. The minimum Gasteiger partial charge on any atom is -0.466 e. The second kappa shape index (κ2) is 14.0. The van der Waals surface area contributed by atoms with Crippen molar-refractivity contribution in [3.05, 3.63) is 0 Å². The van der Waals surface area contributed by atoms with Crippen molar-refractivity contribution in [2.45, 2.75) is 38.6 Å². The van der Waals surface area contributed by atoms with Crippen molar-refractivity contribution >= 4 is 24.1 Å². The van der Waals surface area contributed by atoms with Gasteiger partial charge in [-0.3, -0.25) is 13.8 Å². The smallest absolute Gasteiger partial charge is 0.389 e. The summed E-state index contributed by atoms with van der Waals surface area (Å²) in [5, 5.41) is 27.5. The molecule has 24 heavy (non-hydrogen) atoms. The first-order valence-corrected chi connectivity index (χ1v) is 10.6. The molecule has 3 N–H and O–H groups in total. The van der Waals surface area contributed by atoms with Gasteiger partial charge in [0.05, 0.1) is 26.4 Å². The number of hydrogen-bond acceptors (Lipinski definition) is 10. The van der Waals surface area contributed by atoms with Crippen molar-refractivity contribution in [1.29, 1.82) is 0 Å². The third kappa shape index (κ3) is 11.4. The zero-order valence-electron chi connectivity index (χ0n) is 14.0. The average molecular weight is 390 g/mol. The third-order valence-corrected chi connectivity index (χ3v) is 6.57. The van der Waals surface area contributed by atoms with E-state index in [4.69, 9.17) is 18.9 Å². The molecule has 0 fully saturated rings. The lowest BCUT2D eigenvalue weighted by molar-refractivity contribution is -0.147. The van der Waals surface area contributed by atoms with E-state index in [1.165, 1.54) is 14.0 Å². The molecule has 0 aliphatic rings. The van der Waals surface area contributed by atoms with Gasteiger partial charge in [0.1, 0.15) is 6.10 Å². The zero-order chi connectivity index (χ0) is 18.4. The van der Waals surface area contributed by atoms with Crippen LogP contribution in [0.1, 0.15) is 26.2 Å². The monoisotopic (exact) mass is 390 g/mol. The van der Waals surface area contributed by atoms with Gasteiger partial charge in [0.25, 0.3) is 0 Å². The fraction of sp³-hybridized carbons (Fsp3) is 0.923. The summed E-state index contributed by atoms with van der Waals surface area (Å²) < 4.78 is 32.3. The van der Waals surface area contributed by atoms with Crippen LogP contribution in [0.15, 0.2) is 0 Å². The van der Waals surface area contributed by atoms with E-state index in [1.54, 1.807) is 0 Å². The maximum absolute atomic E-state index is 12.6. The van der Waals surface area contributed by atoms with E-state index in [-0.39, 0.29) is 19.2 Å². The SMILES string of the molecule is COC(O)C(CO)OP(=O)(OCCO)SCCCCCOC(C)=O. The van der Waals surface area contributed by atoms with E-state index in [1.807, 2.05) is 0 Å². The van der Waals surface area contributed by atoms with E-state index in [2.05, 4.69) is 4.74 Å². The first-order valence-electron chi connectivity index (χ1n) is 7.52. The number of unbranched alkanes of at least 4 members (excludes halogenated alkanes) is 2. The standard InChI is InChI=1S/C13H27O9PS/c1-11(16)20-7-4-3-5-9-24-23(18,21-8-6-14)22-12(10-15)13(17)19-2/h12-15,17H,3-10H2,1-2H3. The minimum atomic E-state index is -3.68. The fourth-order valence-electron chi connectivity index (χ4n) is 1.52. The summed E-state index contributed by atoms with van der Waals surface area (Å²) in [4.78, 5) is 10.6. The van der Waals surface area contributed by atoms with Gasteiger partial charge < -0.3 is 24.8 Å². The Morgan fingerprint density at radius 3 is 2.46 bits per heavy atom. The van der Waals surface area contributed by atoms with Crippen molar-refractivity contribution < 1.29 is 43.2 Å². The molecule has 0 aromatic rings. The Balaban J connectivity index is 4.32. The molecule has 0 radical (unpaired) electrons. The Hall–Kier alpha value is -0.190. The molecular formula is C13H27O9PS. The number of rotatable bonds is 15. The van der Waals surface area contributed by atoms with Gasteiger partial charge in [-0.25, -0.2) is 4.57 Å². The summed E-state index contributed by atoms with van der Waals surface area (Å²) in [6.45, 7) is -3.14. The van der Waals surface area contributed by atoms with E-state index in [0.717, 1.165) is 17.8 Å². The molecule has 0 aliphatic carbocycles. The van der Waals surface area contributed by atoms with E-state index in [9.17, 15) is 19.6 Å². The quantitative estimate of drug-likeness (QED) is 0.160. The number of carbonyl (C=O) groups excluding carboxylic acids is 1. The highest BCUT2D eigenvalue weighted by Gasteiger charge is 2.33. The van der Waals surface area contributed by atoms with Crippen LogP contribution in [0.4, 0.5) is 0 Å². The van der Waals surface area contributed by atoms with Crippen LogP contribution in [0.3, 0.4) is 0 Å². The molecule has 11 heteroatoms. The average Bonchev–Trinajstić information content (AvgIpc) is 2.56. The molecule has 3 atom stereocenters. The summed E-state index contributed by atoms with van der Waals surface area (Å²) >= 11 is 0.914. The second-order valence-corrected chi connectivity index (χ2v) is 8.84. The second-order valence-electron chi connectivity index (χ2n) is 4.69. The number of carbonyl (C=O) groups is 1. The highest BCUT2D eigenvalue weighted by atomic mass is 32.7. The van der Waals surface area contributed by atoms with Crippen molar-refractivity contribution in [3.8, 4) is 0 Å². The van der Waals surface area contributed by atoms with Crippen molar-refractivity contribution in [3.63, 3.8) is 0 Å². The molecule has 0 rings (SSSR count). The maximum Gasteiger partial charge on any atom is 0.389 e. The van der Waals surface area contributed by atoms with Crippen LogP contribution >= 0.6 is 18.2 Å². The molecule has 0 heterocycles. The van der Waals surface area contributed by atoms with Gasteiger partial charge in [0.2, 0.25) is 0 Å². The van der Waals surface area contributed by atoms with E-state index >= 15 is 0 Å². The van der Waals surface area contributed by atoms with Gasteiger partial charge in [-0.2, -0.15) is 0 Å². The summed E-state index contributed by atoms with van der Waals surface area (Å²) in [5.74, 6) is 0.107. The zero-order valence-corrected chi connectivity index (χ0v) is 15.7. The van der Waals surface area contributed by atoms with Gasteiger partial charge in [0, 0.05) is 19.8 Å². The summed E-state index contributed by atoms with van der Waals surface area (Å²) in [6.07, 6.45) is -0.561. The molecule has 144 valence electrons. The van der Waals surface area contributed by atoms with Crippen LogP contribution in [0.2, 0.25) is 0 Å². The van der Waals surface area contributed by atoms with Gasteiger partial charge in [-0.05, 0) is 30.6 Å². The number of aliphatic hydroxyl groups excluding tert-OH is 3. The Morgan fingerprint density at radius 2 is 1.92 bits per heavy atom. The lowest BCUT2D eigenvalue weighted by Crippen LogP contribution is -2.33. The summed E-state index contributed by atoms with van der Waals surface area (Å²) in [6, 6.07) is 0. The molecular weight excluding hydrogens is 363 g/mol. The van der Waals surface area contributed by atoms with Crippen LogP contribution in [0, 0.1) is 0 Å². The first-order chi connectivity index (χ1) is 11.4. The van der Waals surface area contributed by atoms with Crippen LogP contribution in [-0.2, 0) is 27.9 Å². The highest BCUT2D eigenvalue weighted by molar-refractivity contribution is 8.55. The van der Waals surface area contributed by atoms with Crippen LogP contribution in [-0.4, -0.2) is 73.0 Å². The molecule has 0 spiro atoms. The van der Waals surface area contributed by atoms with Crippen LogP contribution in [0.25, 0.3) is 0 Å². The predicted octanol–water partition coefficient (Wildman–Crippen LogP) is 0.912. The molecule has 0 amide bonds.